The minimum atomic E-state index is -3.21. The fourth-order valence-corrected chi connectivity index (χ4v) is 2.07. The Morgan fingerprint density at radius 2 is 1.76 bits per heavy atom. The Kier molecular flexibility index (Phi) is 3.15. The van der Waals surface area contributed by atoms with E-state index in [1.807, 2.05) is 36.4 Å². The van der Waals surface area contributed by atoms with Crippen molar-refractivity contribution in [1.29, 1.82) is 0 Å². The summed E-state index contributed by atoms with van der Waals surface area (Å²) in [6.07, 6.45) is 1.13. The highest BCUT2D eigenvalue weighted by atomic mass is 32.2. The quantitative estimate of drug-likeness (QED) is 0.904. The third-order valence-electron chi connectivity index (χ3n) is 2.21. The van der Waals surface area contributed by atoms with Crippen LogP contribution in [0, 0.1) is 6.07 Å². The molecule has 2 rings (SSSR count). The van der Waals surface area contributed by atoms with Crippen molar-refractivity contribution in [2.24, 2.45) is 0 Å². The topological polar surface area (TPSA) is 46.2 Å². The molecule has 4 heteroatoms. The van der Waals surface area contributed by atoms with E-state index in [-0.39, 0.29) is 0 Å². The zero-order chi connectivity index (χ0) is 12.3. The van der Waals surface area contributed by atoms with Crippen LogP contribution in [0.1, 0.15) is 0 Å². The second-order valence-electron chi connectivity index (χ2n) is 3.73. The van der Waals surface area contributed by atoms with Crippen molar-refractivity contribution < 1.29 is 8.42 Å². The normalized spacial score (nSPS) is 11.1. The van der Waals surface area contributed by atoms with Crippen LogP contribution in [0.5, 0.6) is 0 Å². The summed E-state index contributed by atoms with van der Waals surface area (Å²) in [7, 11) is -3.21. The van der Waals surface area contributed by atoms with E-state index in [0.29, 0.717) is 5.69 Å². The van der Waals surface area contributed by atoms with Crippen molar-refractivity contribution in [3.8, 4) is 11.1 Å². The molecule has 0 fully saturated rings. The van der Waals surface area contributed by atoms with Crippen molar-refractivity contribution in [2.45, 2.75) is 0 Å². The average molecular weight is 246 g/mol. The molecule has 1 radical (unpaired) electrons. The smallest absolute Gasteiger partial charge is 0.229 e. The van der Waals surface area contributed by atoms with E-state index in [1.165, 1.54) is 0 Å². The number of anilines is 1. The first-order valence-corrected chi connectivity index (χ1v) is 6.99. The van der Waals surface area contributed by atoms with Gasteiger partial charge in [-0.1, -0.05) is 36.4 Å². The molecule has 0 bridgehead atoms. The Balaban J connectivity index is 2.25. The molecule has 0 saturated heterocycles. The van der Waals surface area contributed by atoms with Gasteiger partial charge in [0.1, 0.15) is 0 Å². The summed E-state index contributed by atoms with van der Waals surface area (Å²) >= 11 is 0. The van der Waals surface area contributed by atoms with Gasteiger partial charge < -0.3 is 0 Å². The van der Waals surface area contributed by atoms with E-state index in [4.69, 9.17) is 0 Å². The molecule has 0 aliphatic heterocycles. The van der Waals surface area contributed by atoms with Gasteiger partial charge in [0, 0.05) is 5.69 Å². The molecule has 0 spiro atoms. The van der Waals surface area contributed by atoms with Crippen molar-refractivity contribution in [3.05, 3.63) is 54.6 Å². The molecule has 0 saturated carbocycles. The van der Waals surface area contributed by atoms with E-state index in [9.17, 15) is 8.42 Å². The van der Waals surface area contributed by atoms with E-state index in [2.05, 4.69) is 10.8 Å². The molecule has 0 aliphatic rings. The first kappa shape index (κ1) is 11.7. The molecular weight excluding hydrogens is 234 g/mol. The van der Waals surface area contributed by atoms with Crippen molar-refractivity contribution in [3.63, 3.8) is 0 Å². The molecule has 0 unspecified atom stereocenters. The summed E-state index contributed by atoms with van der Waals surface area (Å²) in [6, 6.07) is 17.9. The number of rotatable bonds is 3. The SMILES string of the molecule is CS(=O)(=O)Nc1ccc(-c2[c]cccc2)cc1. The first-order chi connectivity index (χ1) is 8.04. The predicted molar refractivity (Wildman–Crippen MR) is 69.2 cm³/mol. The minimum absolute atomic E-state index is 0.562. The lowest BCUT2D eigenvalue weighted by Crippen LogP contribution is -2.09. The Morgan fingerprint density at radius 1 is 1.06 bits per heavy atom. The second-order valence-corrected chi connectivity index (χ2v) is 5.48. The maximum atomic E-state index is 11.0. The summed E-state index contributed by atoms with van der Waals surface area (Å²) in [6.45, 7) is 0. The standard InChI is InChI=1S/C13H12NO2S/c1-17(15,16)14-13-9-7-12(8-10-13)11-5-3-2-4-6-11/h2-5,7-10,14H,1H3. The van der Waals surface area contributed by atoms with Crippen LogP contribution in [0.25, 0.3) is 11.1 Å². The molecule has 17 heavy (non-hydrogen) atoms. The molecule has 3 nitrogen and oxygen atoms in total. The van der Waals surface area contributed by atoms with Crippen LogP contribution in [0.15, 0.2) is 48.5 Å². The minimum Gasteiger partial charge on any atom is -0.284 e. The molecule has 0 aromatic heterocycles. The third kappa shape index (κ3) is 3.32. The van der Waals surface area contributed by atoms with Crippen LogP contribution < -0.4 is 4.72 Å². The van der Waals surface area contributed by atoms with Crippen LogP contribution in [-0.4, -0.2) is 14.7 Å². The van der Waals surface area contributed by atoms with Crippen LogP contribution >= 0.6 is 0 Å². The molecule has 1 N–H and O–H groups in total. The van der Waals surface area contributed by atoms with Crippen LogP contribution in [0.2, 0.25) is 0 Å². The van der Waals surface area contributed by atoms with Crippen LogP contribution in [0.3, 0.4) is 0 Å². The predicted octanol–water partition coefficient (Wildman–Crippen LogP) is 2.53. The number of hydrogen-bond acceptors (Lipinski definition) is 2. The van der Waals surface area contributed by atoms with Gasteiger partial charge in [-0.15, -0.1) is 0 Å². The Morgan fingerprint density at radius 3 is 2.29 bits per heavy atom. The first-order valence-electron chi connectivity index (χ1n) is 5.09. The lowest BCUT2D eigenvalue weighted by Gasteiger charge is -2.05. The van der Waals surface area contributed by atoms with Gasteiger partial charge in [0.05, 0.1) is 6.26 Å². The maximum Gasteiger partial charge on any atom is 0.229 e. The van der Waals surface area contributed by atoms with E-state index in [1.54, 1.807) is 12.1 Å². The highest BCUT2D eigenvalue weighted by molar-refractivity contribution is 7.92. The van der Waals surface area contributed by atoms with Crippen molar-refractivity contribution in [1.82, 2.24) is 0 Å². The molecule has 0 aliphatic carbocycles. The molecule has 0 atom stereocenters. The van der Waals surface area contributed by atoms with Gasteiger partial charge in [-0.25, -0.2) is 8.42 Å². The van der Waals surface area contributed by atoms with Crippen molar-refractivity contribution in [2.75, 3.05) is 11.0 Å². The van der Waals surface area contributed by atoms with Gasteiger partial charge in [0.25, 0.3) is 0 Å². The maximum absolute atomic E-state index is 11.0. The summed E-state index contributed by atoms with van der Waals surface area (Å²) in [5.74, 6) is 0. The monoisotopic (exact) mass is 246 g/mol. The van der Waals surface area contributed by atoms with Gasteiger partial charge in [0.2, 0.25) is 10.0 Å². The summed E-state index contributed by atoms with van der Waals surface area (Å²) in [5.41, 5.74) is 2.55. The lowest BCUT2D eigenvalue weighted by molar-refractivity contribution is 0.607. The highest BCUT2D eigenvalue weighted by Crippen LogP contribution is 2.20. The average Bonchev–Trinajstić information content (AvgIpc) is 2.29. The Labute approximate surface area is 101 Å². The van der Waals surface area contributed by atoms with Gasteiger partial charge in [-0.05, 0) is 29.3 Å². The number of hydrogen-bond donors (Lipinski definition) is 1. The largest absolute Gasteiger partial charge is 0.284 e. The number of nitrogens with one attached hydrogen (secondary N) is 1. The molecule has 87 valence electrons. The van der Waals surface area contributed by atoms with Crippen molar-refractivity contribution >= 4 is 15.7 Å². The third-order valence-corrected chi connectivity index (χ3v) is 2.81. The number of sulfonamides is 1. The molecule has 0 heterocycles. The van der Waals surface area contributed by atoms with E-state index in [0.717, 1.165) is 17.4 Å². The van der Waals surface area contributed by atoms with Gasteiger partial charge >= 0.3 is 0 Å². The molecular formula is C13H12NO2S. The van der Waals surface area contributed by atoms with Gasteiger partial charge in [0.15, 0.2) is 0 Å². The number of benzene rings is 2. The highest BCUT2D eigenvalue weighted by Gasteiger charge is 2.02. The summed E-state index contributed by atoms with van der Waals surface area (Å²) < 4.78 is 24.5. The Hall–Kier alpha value is -1.81. The lowest BCUT2D eigenvalue weighted by atomic mass is 10.1. The molecule has 2 aromatic carbocycles. The summed E-state index contributed by atoms with van der Waals surface area (Å²) in [5, 5.41) is 0. The zero-order valence-electron chi connectivity index (χ0n) is 9.34. The fraction of sp³-hybridized carbons (Fsp3) is 0.0769. The van der Waals surface area contributed by atoms with Crippen LogP contribution in [0.4, 0.5) is 5.69 Å². The van der Waals surface area contributed by atoms with E-state index < -0.39 is 10.0 Å². The molecule has 2 aromatic rings. The zero-order valence-corrected chi connectivity index (χ0v) is 10.2. The van der Waals surface area contributed by atoms with Gasteiger partial charge in [-0.2, -0.15) is 0 Å². The fourth-order valence-electron chi connectivity index (χ4n) is 1.50. The second kappa shape index (κ2) is 4.59. The Bertz CT molecular complexity index is 589. The van der Waals surface area contributed by atoms with Gasteiger partial charge in [-0.3, -0.25) is 4.72 Å². The molecule has 0 amide bonds. The van der Waals surface area contributed by atoms with Crippen LogP contribution in [-0.2, 0) is 10.0 Å². The summed E-state index contributed by atoms with van der Waals surface area (Å²) in [4.78, 5) is 0. The van der Waals surface area contributed by atoms with E-state index >= 15 is 0 Å².